The molecule has 0 aromatic heterocycles. The van der Waals surface area contributed by atoms with Crippen molar-refractivity contribution in [1.29, 1.82) is 0 Å². The van der Waals surface area contributed by atoms with Gasteiger partial charge in [0.05, 0.1) is 22.7 Å². The van der Waals surface area contributed by atoms with Gasteiger partial charge in [-0.05, 0) is 55.7 Å². The Morgan fingerprint density at radius 1 is 1.15 bits per heavy atom. The molecule has 3 N–H and O–H groups in total. The molecule has 0 saturated heterocycles. The molecular weight excluding hydrogens is 348 g/mol. The minimum absolute atomic E-state index is 0.110. The van der Waals surface area contributed by atoms with Crippen molar-refractivity contribution in [2.24, 2.45) is 0 Å². The molecule has 0 saturated carbocycles. The molecule has 0 aliphatic carbocycles. The average molecular weight is 368 g/mol. The molecule has 2 aromatic carbocycles. The van der Waals surface area contributed by atoms with Gasteiger partial charge in [-0.15, -0.1) is 0 Å². The second-order valence-corrected chi connectivity index (χ2v) is 6.70. The number of aryl methyl sites for hydroxylation is 3. The van der Waals surface area contributed by atoms with E-state index >= 15 is 0 Å². The Kier molecular flexibility index (Phi) is 4.81. The zero-order valence-corrected chi connectivity index (χ0v) is 15.3. The maximum atomic E-state index is 12.4. The lowest BCUT2D eigenvalue weighted by molar-refractivity contribution is -0.384. The van der Waals surface area contributed by atoms with Gasteiger partial charge in [0.15, 0.2) is 0 Å². The molecule has 0 fully saturated rings. The van der Waals surface area contributed by atoms with Crippen molar-refractivity contribution < 1.29 is 14.5 Å². The van der Waals surface area contributed by atoms with E-state index in [9.17, 15) is 19.7 Å². The van der Waals surface area contributed by atoms with Crippen molar-refractivity contribution in [3.63, 3.8) is 0 Å². The standard InChI is InChI=1S/C19H20N4O4/c1-10-4-5-13(17(6-10)23(26)27)21-18(24)9-16-19(25)22-15-8-12(3)11(2)7-14(15)20-16/h4-8,16,20H,9H2,1-3H3,(H,21,24)(H,22,25)/t16-/m1/s1. The molecule has 2 aromatic rings. The van der Waals surface area contributed by atoms with Crippen molar-refractivity contribution in [2.45, 2.75) is 33.2 Å². The molecule has 0 radical (unpaired) electrons. The normalized spacial score (nSPS) is 15.4. The molecule has 8 nitrogen and oxygen atoms in total. The third-order valence-corrected chi connectivity index (χ3v) is 4.55. The van der Waals surface area contributed by atoms with Gasteiger partial charge in [-0.2, -0.15) is 0 Å². The Morgan fingerprint density at radius 3 is 2.48 bits per heavy atom. The number of nitro groups is 1. The van der Waals surface area contributed by atoms with Crippen LogP contribution in [0.5, 0.6) is 0 Å². The molecule has 0 unspecified atom stereocenters. The summed E-state index contributed by atoms with van der Waals surface area (Å²) in [5.74, 6) is -0.804. The number of carbonyl (C=O) groups is 2. The van der Waals surface area contributed by atoms with Crippen LogP contribution in [-0.4, -0.2) is 22.8 Å². The number of hydrogen-bond donors (Lipinski definition) is 3. The number of amides is 2. The summed E-state index contributed by atoms with van der Waals surface area (Å²) in [5.41, 5.74) is 4.19. The van der Waals surface area contributed by atoms with Crippen LogP contribution in [0.25, 0.3) is 0 Å². The van der Waals surface area contributed by atoms with Gasteiger partial charge in [-0.25, -0.2) is 0 Å². The van der Waals surface area contributed by atoms with E-state index in [1.807, 2.05) is 26.0 Å². The molecule has 8 heteroatoms. The topological polar surface area (TPSA) is 113 Å². The number of nitro benzene ring substituents is 1. The molecular formula is C19H20N4O4. The van der Waals surface area contributed by atoms with E-state index in [1.54, 1.807) is 13.0 Å². The van der Waals surface area contributed by atoms with E-state index < -0.39 is 16.9 Å². The van der Waals surface area contributed by atoms with Crippen molar-refractivity contribution >= 4 is 34.6 Å². The Morgan fingerprint density at radius 2 is 1.81 bits per heavy atom. The van der Waals surface area contributed by atoms with E-state index in [-0.39, 0.29) is 23.7 Å². The Bertz CT molecular complexity index is 955. The minimum atomic E-state index is -0.760. The summed E-state index contributed by atoms with van der Waals surface area (Å²) >= 11 is 0. The van der Waals surface area contributed by atoms with E-state index in [2.05, 4.69) is 16.0 Å². The number of rotatable bonds is 4. The van der Waals surface area contributed by atoms with Gasteiger partial charge in [0.2, 0.25) is 11.8 Å². The first kappa shape index (κ1) is 18.4. The first-order valence-corrected chi connectivity index (χ1v) is 8.48. The Hall–Kier alpha value is -3.42. The molecule has 1 atom stereocenters. The summed E-state index contributed by atoms with van der Waals surface area (Å²) in [6.07, 6.45) is -0.150. The maximum Gasteiger partial charge on any atom is 0.293 e. The van der Waals surface area contributed by atoms with Crippen LogP contribution in [0.2, 0.25) is 0 Å². The molecule has 3 rings (SSSR count). The fourth-order valence-corrected chi connectivity index (χ4v) is 2.94. The van der Waals surface area contributed by atoms with Crippen molar-refractivity contribution in [1.82, 2.24) is 0 Å². The molecule has 1 aliphatic rings. The monoisotopic (exact) mass is 368 g/mol. The number of nitrogens with one attached hydrogen (secondary N) is 3. The Labute approximate surface area is 156 Å². The summed E-state index contributed by atoms with van der Waals surface area (Å²) < 4.78 is 0. The summed E-state index contributed by atoms with van der Waals surface area (Å²) in [6, 6.07) is 7.59. The largest absolute Gasteiger partial charge is 0.372 e. The van der Waals surface area contributed by atoms with Gasteiger partial charge in [-0.3, -0.25) is 19.7 Å². The summed E-state index contributed by atoms with van der Waals surface area (Å²) in [4.78, 5) is 35.3. The fraction of sp³-hybridized carbons (Fsp3) is 0.263. The second kappa shape index (κ2) is 7.06. The number of benzene rings is 2. The van der Waals surface area contributed by atoms with Crippen LogP contribution in [-0.2, 0) is 9.59 Å². The number of nitrogens with zero attached hydrogens (tertiary/aromatic N) is 1. The van der Waals surface area contributed by atoms with Crippen molar-refractivity contribution in [3.8, 4) is 0 Å². The number of fused-ring (bicyclic) bond motifs is 1. The SMILES string of the molecule is Cc1ccc(NC(=O)C[C@H]2Nc3cc(C)c(C)cc3NC2=O)c([N+](=O)[O-])c1. The van der Waals surface area contributed by atoms with Gasteiger partial charge in [0.1, 0.15) is 11.7 Å². The number of hydrogen-bond acceptors (Lipinski definition) is 5. The van der Waals surface area contributed by atoms with Gasteiger partial charge < -0.3 is 16.0 Å². The van der Waals surface area contributed by atoms with Crippen LogP contribution in [0.1, 0.15) is 23.1 Å². The van der Waals surface area contributed by atoms with E-state index in [1.165, 1.54) is 12.1 Å². The van der Waals surface area contributed by atoms with Crippen molar-refractivity contribution in [2.75, 3.05) is 16.0 Å². The molecule has 1 heterocycles. The van der Waals surface area contributed by atoms with Crippen LogP contribution < -0.4 is 16.0 Å². The second-order valence-electron chi connectivity index (χ2n) is 6.70. The van der Waals surface area contributed by atoms with Crippen LogP contribution in [0.3, 0.4) is 0 Å². The highest BCUT2D eigenvalue weighted by Crippen LogP contribution is 2.31. The van der Waals surface area contributed by atoms with E-state index in [0.717, 1.165) is 22.4 Å². The lowest BCUT2D eigenvalue weighted by atomic mass is 10.0. The first-order valence-electron chi connectivity index (χ1n) is 8.48. The minimum Gasteiger partial charge on any atom is -0.372 e. The molecule has 0 bridgehead atoms. The lowest BCUT2D eigenvalue weighted by Crippen LogP contribution is -2.41. The van der Waals surface area contributed by atoms with Crippen molar-refractivity contribution in [3.05, 3.63) is 57.1 Å². The summed E-state index contributed by atoms with van der Waals surface area (Å²) in [7, 11) is 0. The third kappa shape index (κ3) is 3.89. The van der Waals surface area contributed by atoms with E-state index in [4.69, 9.17) is 0 Å². The van der Waals surface area contributed by atoms with Crippen LogP contribution in [0, 0.1) is 30.9 Å². The average Bonchev–Trinajstić information content (AvgIpc) is 2.59. The summed E-state index contributed by atoms with van der Waals surface area (Å²) in [6.45, 7) is 5.65. The molecule has 1 aliphatic heterocycles. The first-order chi connectivity index (χ1) is 12.7. The zero-order valence-electron chi connectivity index (χ0n) is 15.3. The van der Waals surface area contributed by atoms with Gasteiger partial charge >= 0.3 is 0 Å². The highest BCUT2D eigenvalue weighted by molar-refractivity contribution is 6.06. The van der Waals surface area contributed by atoms with Crippen LogP contribution in [0.15, 0.2) is 30.3 Å². The van der Waals surface area contributed by atoms with Crippen LogP contribution in [0.4, 0.5) is 22.7 Å². The molecule has 0 spiro atoms. The predicted octanol–water partition coefficient (Wildman–Crippen LogP) is 3.28. The van der Waals surface area contributed by atoms with Gasteiger partial charge in [0.25, 0.3) is 5.69 Å². The van der Waals surface area contributed by atoms with Crippen LogP contribution >= 0.6 is 0 Å². The smallest absolute Gasteiger partial charge is 0.293 e. The molecule has 140 valence electrons. The predicted molar refractivity (Wildman–Crippen MR) is 103 cm³/mol. The summed E-state index contributed by atoms with van der Waals surface area (Å²) in [5, 5.41) is 19.6. The van der Waals surface area contributed by atoms with Gasteiger partial charge in [-0.1, -0.05) is 6.07 Å². The molecule has 2 amide bonds. The van der Waals surface area contributed by atoms with E-state index in [0.29, 0.717) is 5.69 Å². The zero-order chi connectivity index (χ0) is 19.7. The number of anilines is 3. The quantitative estimate of drug-likeness (QED) is 0.566. The third-order valence-electron chi connectivity index (χ3n) is 4.55. The lowest BCUT2D eigenvalue weighted by Gasteiger charge is -2.27. The highest BCUT2D eigenvalue weighted by atomic mass is 16.6. The maximum absolute atomic E-state index is 12.4. The highest BCUT2D eigenvalue weighted by Gasteiger charge is 2.28. The molecule has 27 heavy (non-hydrogen) atoms. The Balaban J connectivity index is 1.74. The fourth-order valence-electron chi connectivity index (χ4n) is 2.94. The number of carbonyl (C=O) groups excluding carboxylic acids is 2. The van der Waals surface area contributed by atoms with Gasteiger partial charge in [0, 0.05) is 6.07 Å².